The average molecular weight is 359 g/mol. The largest absolute Gasteiger partial charge is 0.371 e. The quantitative estimate of drug-likeness (QED) is 0.520. The molecule has 0 aromatic heterocycles. The molecule has 2 unspecified atom stereocenters. The third kappa shape index (κ3) is 4.96. The van der Waals surface area contributed by atoms with Crippen molar-refractivity contribution in [2.75, 3.05) is 5.33 Å². The highest BCUT2D eigenvalue weighted by Gasteiger charge is 2.40. The molecule has 0 spiro atoms. The molecule has 0 saturated heterocycles. The van der Waals surface area contributed by atoms with Crippen molar-refractivity contribution in [3.8, 4) is 0 Å². The molecule has 0 N–H and O–H groups in total. The molecular formula is C19H35BrO. The lowest BCUT2D eigenvalue weighted by molar-refractivity contribution is -0.134. The van der Waals surface area contributed by atoms with Crippen molar-refractivity contribution in [3.05, 3.63) is 0 Å². The highest BCUT2D eigenvalue weighted by Crippen LogP contribution is 2.44. The van der Waals surface area contributed by atoms with Gasteiger partial charge < -0.3 is 4.74 Å². The molecule has 0 heterocycles. The topological polar surface area (TPSA) is 9.23 Å². The molecule has 0 amide bonds. The fraction of sp³-hybridized carbons (Fsp3) is 1.00. The van der Waals surface area contributed by atoms with E-state index in [4.69, 9.17) is 4.74 Å². The van der Waals surface area contributed by atoms with Crippen LogP contribution in [0.3, 0.4) is 0 Å². The zero-order valence-corrected chi connectivity index (χ0v) is 16.2. The molecule has 2 atom stereocenters. The van der Waals surface area contributed by atoms with Gasteiger partial charge in [-0.25, -0.2) is 0 Å². The smallest absolute Gasteiger partial charge is 0.0782 e. The lowest BCUT2D eigenvalue weighted by Crippen LogP contribution is -2.45. The first-order valence-corrected chi connectivity index (χ1v) is 10.2. The Morgan fingerprint density at radius 1 is 1.14 bits per heavy atom. The molecule has 1 nitrogen and oxygen atoms in total. The minimum Gasteiger partial charge on any atom is -0.371 e. The standard InChI is InChI=1S/C19H35BrO/c1-5-6-16-7-9-19(14-20,10-8-16)21-17-11-15(2)12-18(3,4)13-17/h15-17H,5-14H2,1-4H3. The van der Waals surface area contributed by atoms with Crippen LogP contribution < -0.4 is 0 Å². The predicted octanol–water partition coefficient (Wildman–Crippen LogP) is 6.34. The Morgan fingerprint density at radius 3 is 2.33 bits per heavy atom. The zero-order chi connectivity index (χ0) is 15.5. The molecule has 0 bridgehead atoms. The van der Waals surface area contributed by atoms with Crippen LogP contribution in [0, 0.1) is 17.3 Å². The van der Waals surface area contributed by atoms with Gasteiger partial charge in [0.25, 0.3) is 0 Å². The van der Waals surface area contributed by atoms with Crippen molar-refractivity contribution in [3.63, 3.8) is 0 Å². The number of alkyl halides is 1. The predicted molar refractivity (Wildman–Crippen MR) is 95.1 cm³/mol. The first-order chi connectivity index (χ1) is 9.88. The van der Waals surface area contributed by atoms with Gasteiger partial charge in [0.2, 0.25) is 0 Å². The Hall–Kier alpha value is 0.440. The van der Waals surface area contributed by atoms with Crippen molar-refractivity contribution in [2.45, 2.75) is 97.2 Å². The Balaban J connectivity index is 1.93. The van der Waals surface area contributed by atoms with E-state index >= 15 is 0 Å². The SMILES string of the molecule is CCCC1CCC(CBr)(OC2CC(C)CC(C)(C)C2)CC1. The van der Waals surface area contributed by atoms with Crippen molar-refractivity contribution >= 4 is 15.9 Å². The third-order valence-electron chi connectivity index (χ3n) is 5.72. The Labute approximate surface area is 140 Å². The molecular weight excluding hydrogens is 324 g/mol. The minimum atomic E-state index is 0.127. The van der Waals surface area contributed by atoms with Crippen molar-refractivity contribution in [1.29, 1.82) is 0 Å². The second-order valence-corrected chi connectivity index (χ2v) is 9.26. The van der Waals surface area contributed by atoms with Gasteiger partial charge in [-0.3, -0.25) is 0 Å². The highest BCUT2D eigenvalue weighted by molar-refractivity contribution is 9.09. The van der Waals surface area contributed by atoms with Crippen LogP contribution in [0.1, 0.15) is 85.5 Å². The Bertz CT molecular complexity index is 318. The molecule has 2 rings (SSSR count). The molecule has 2 aliphatic carbocycles. The van der Waals surface area contributed by atoms with E-state index in [1.54, 1.807) is 0 Å². The maximum absolute atomic E-state index is 6.75. The molecule has 2 heteroatoms. The normalized spacial score (nSPS) is 40.1. The number of rotatable bonds is 5. The summed E-state index contributed by atoms with van der Waals surface area (Å²) in [6.45, 7) is 9.54. The zero-order valence-electron chi connectivity index (χ0n) is 14.6. The van der Waals surface area contributed by atoms with E-state index in [0.717, 1.165) is 17.2 Å². The van der Waals surface area contributed by atoms with Gasteiger partial charge in [-0.15, -0.1) is 0 Å². The molecule has 0 aromatic carbocycles. The summed E-state index contributed by atoms with van der Waals surface area (Å²) < 4.78 is 6.75. The van der Waals surface area contributed by atoms with E-state index in [1.165, 1.54) is 57.8 Å². The summed E-state index contributed by atoms with van der Waals surface area (Å²) in [7, 11) is 0. The van der Waals surface area contributed by atoms with Crippen LogP contribution in [-0.2, 0) is 4.74 Å². The Morgan fingerprint density at radius 2 is 1.81 bits per heavy atom. The highest BCUT2D eigenvalue weighted by atomic mass is 79.9. The fourth-order valence-electron chi connectivity index (χ4n) is 4.89. The molecule has 124 valence electrons. The van der Waals surface area contributed by atoms with Gasteiger partial charge in [-0.1, -0.05) is 56.5 Å². The number of hydrogen-bond acceptors (Lipinski definition) is 1. The molecule has 0 aromatic rings. The van der Waals surface area contributed by atoms with E-state index in [0.29, 0.717) is 11.5 Å². The summed E-state index contributed by atoms with van der Waals surface area (Å²) in [4.78, 5) is 0. The van der Waals surface area contributed by atoms with Gasteiger partial charge >= 0.3 is 0 Å². The van der Waals surface area contributed by atoms with Crippen LogP contribution in [0.2, 0.25) is 0 Å². The third-order valence-corrected chi connectivity index (χ3v) is 6.74. The van der Waals surface area contributed by atoms with Gasteiger partial charge in [0.15, 0.2) is 0 Å². The maximum Gasteiger partial charge on any atom is 0.0782 e. The average Bonchev–Trinajstić information content (AvgIpc) is 2.39. The minimum absolute atomic E-state index is 0.127. The van der Waals surface area contributed by atoms with Crippen LogP contribution >= 0.6 is 15.9 Å². The van der Waals surface area contributed by atoms with E-state index in [-0.39, 0.29) is 5.60 Å². The first-order valence-electron chi connectivity index (χ1n) is 9.12. The monoisotopic (exact) mass is 358 g/mol. The van der Waals surface area contributed by atoms with E-state index in [9.17, 15) is 0 Å². The molecule has 2 fully saturated rings. The van der Waals surface area contributed by atoms with Crippen LogP contribution in [-0.4, -0.2) is 17.0 Å². The van der Waals surface area contributed by atoms with Gasteiger partial charge in [0.05, 0.1) is 11.7 Å². The van der Waals surface area contributed by atoms with Crippen LogP contribution in [0.25, 0.3) is 0 Å². The molecule has 0 radical (unpaired) electrons. The van der Waals surface area contributed by atoms with Crippen LogP contribution in [0.15, 0.2) is 0 Å². The second-order valence-electron chi connectivity index (χ2n) is 8.70. The van der Waals surface area contributed by atoms with Crippen molar-refractivity contribution in [2.24, 2.45) is 17.3 Å². The molecule has 0 aliphatic heterocycles. The summed E-state index contributed by atoms with van der Waals surface area (Å²) in [5.74, 6) is 1.76. The van der Waals surface area contributed by atoms with Crippen molar-refractivity contribution in [1.82, 2.24) is 0 Å². The van der Waals surface area contributed by atoms with Gasteiger partial charge in [0.1, 0.15) is 0 Å². The molecule has 2 aliphatic rings. The van der Waals surface area contributed by atoms with Gasteiger partial charge in [-0.05, 0) is 62.2 Å². The van der Waals surface area contributed by atoms with Gasteiger partial charge in [0, 0.05) is 5.33 Å². The lowest BCUT2D eigenvalue weighted by Gasteiger charge is -2.46. The van der Waals surface area contributed by atoms with Crippen molar-refractivity contribution < 1.29 is 4.74 Å². The lowest BCUT2D eigenvalue weighted by atomic mass is 9.71. The van der Waals surface area contributed by atoms with Gasteiger partial charge in [-0.2, -0.15) is 0 Å². The summed E-state index contributed by atoms with van der Waals surface area (Å²) in [6.07, 6.45) is 12.3. The van der Waals surface area contributed by atoms with Crippen LogP contribution in [0.4, 0.5) is 0 Å². The Kier molecular flexibility index (Phi) is 6.22. The molecule has 2 saturated carbocycles. The van der Waals surface area contributed by atoms with E-state index in [1.807, 2.05) is 0 Å². The first kappa shape index (κ1) is 17.8. The summed E-state index contributed by atoms with van der Waals surface area (Å²) >= 11 is 3.77. The number of halogens is 1. The van der Waals surface area contributed by atoms with Crippen LogP contribution in [0.5, 0.6) is 0 Å². The second kappa shape index (κ2) is 7.34. The van der Waals surface area contributed by atoms with E-state index < -0.39 is 0 Å². The summed E-state index contributed by atoms with van der Waals surface area (Å²) in [5, 5.41) is 1.02. The summed E-state index contributed by atoms with van der Waals surface area (Å²) in [6, 6.07) is 0. The number of ether oxygens (including phenoxy) is 1. The fourth-order valence-corrected chi connectivity index (χ4v) is 5.58. The molecule has 21 heavy (non-hydrogen) atoms. The summed E-state index contributed by atoms with van der Waals surface area (Å²) in [5.41, 5.74) is 0.581. The number of hydrogen-bond donors (Lipinski definition) is 0. The van der Waals surface area contributed by atoms with E-state index in [2.05, 4.69) is 43.6 Å². The maximum atomic E-state index is 6.75.